The highest BCUT2D eigenvalue weighted by atomic mass is 32.2. The van der Waals surface area contributed by atoms with Gasteiger partial charge >= 0.3 is 0 Å². The Balaban J connectivity index is 1.56. The molecule has 20 heavy (non-hydrogen) atoms. The van der Waals surface area contributed by atoms with Crippen LogP contribution in [0.1, 0.15) is 62.7 Å². The van der Waals surface area contributed by atoms with Crippen molar-refractivity contribution in [3.63, 3.8) is 0 Å². The highest BCUT2D eigenvalue weighted by molar-refractivity contribution is 8.00. The van der Waals surface area contributed by atoms with Crippen LogP contribution in [0.3, 0.4) is 0 Å². The fraction of sp³-hybridized carbons (Fsp3) is 0.786. The fourth-order valence-corrected chi connectivity index (χ4v) is 3.99. The van der Waals surface area contributed by atoms with Crippen LogP contribution in [0.2, 0.25) is 0 Å². The monoisotopic (exact) mass is 292 g/mol. The summed E-state index contributed by atoms with van der Waals surface area (Å²) in [6.45, 7) is 0.818. The van der Waals surface area contributed by atoms with Crippen LogP contribution >= 0.6 is 11.8 Å². The van der Waals surface area contributed by atoms with Crippen LogP contribution in [0, 0.1) is 0 Å². The van der Waals surface area contributed by atoms with Gasteiger partial charge in [0, 0.05) is 18.5 Å². The Labute approximate surface area is 122 Å². The number of carbonyl (C=O) groups excluding carboxylic acids is 1. The largest absolute Gasteiger partial charge is 0.355 e. The molecule has 1 aliphatic heterocycles. The van der Waals surface area contributed by atoms with Crippen LogP contribution in [0.25, 0.3) is 0 Å². The molecule has 0 unspecified atom stereocenters. The van der Waals surface area contributed by atoms with Gasteiger partial charge in [0.15, 0.2) is 5.16 Å². The second kappa shape index (κ2) is 5.06. The van der Waals surface area contributed by atoms with Crippen LogP contribution in [-0.4, -0.2) is 32.5 Å². The minimum atomic E-state index is 0.00579. The number of nitrogens with one attached hydrogen (secondary N) is 1. The summed E-state index contributed by atoms with van der Waals surface area (Å²) in [6.07, 6.45) is 8.13. The topological polar surface area (TPSA) is 59.8 Å². The van der Waals surface area contributed by atoms with Gasteiger partial charge in [-0.2, -0.15) is 0 Å². The Bertz CT molecular complexity index is 521. The van der Waals surface area contributed by atoms with E-state index in [2.05, 4.69) is 20.1 Å². The summed E-state index contributed by atoms with van der Waals surface area (Å²) in [4.78, 5) is 12.1. The molecule has 2 aliphatic carbocycles. The molecule has 1 N–H and O–H groups in total. The van der Waals surface area contributed by atoms with Crippen LogP contribution in [0.5, 0.6) is 0 Å². The molecule has 2 saturated carbocycles. The predicted octanol–water partition coefficient (Wildman–Crippen LogP) is 2.25. The second-order valence-corrected chi connectivity index (χ2v) is 7.28. The molecule has 1 aromatic rings. The lowest BCUT2D eigenvalue weighted by molar-refractivity contribution is -0.120. The lowest BCUT2D eigenvalue weighted by atomic mass is 10.2. The van der Waals surface area contributed by atoms with Gasteiger partial charge in [-0.3, -0.25) is 4.79 Å². The van der Waals surface area contributed by atoms with Gasteiger partial charge in [0.1, 0.15) is 5.82 Å². The number of hydrogen-bond acceptors (Lipinski definition) is 4. The Morgan fingerprint density at radius 3 is 2.70 bits per heavy atom. The molecule has 0 bridgehead atoms. The first-order valence-corrected chi connectivity index (χ1v) is 8.60. The van der Waals surface area contributed by atoms with E-state index in [-0.39, 0.29) is 11.2 Å². The zero-order valence-corrected chi connectivity index (χ0v) is 12.4. The van der Waals surface area contributed by atoms with Gasteiger partial charge in [0.05, 0.1) is 5.25 Å². The van der Waals surface area contributed by atoms with Crippen molar-refractivity contribution in [2.45, 2.75) is 67.3 Å². The lowest BCUT2D eigenvalue weighted by Gasteiger charge is -2.13. The van der Waals surface area contributed by atoms with Gasteiger partial charge in [-0.15, -0.1) is 10.2 Å². The maximum atomic E-state index is 12.1. The highest BCUT2D eigenvalue weighted by Gasteiger charge is 2.37. The second-order valence-electron chi connectivity index (χ2n) is 6.11. The zero-order chi connectivity index (χ0) is 13.5. The van der Waals surface area contributed by atoms with E-state index in [1.807, 2.05) is 0 Å². The van der Waals surface area contributed by atoms with Crippen molar-refractivity contribution in [3.05, 3.63) is 5.82 Å². The van der Waals surface area contributed by atoms with Crippen LogP contribution in [0.15, 0.2) is 5.16 Å². The summed E-state index contributed by atoms with van der Waals surface area (Å²) >= 11 is 1.62. The van der Waals surface area contributed by atoms with Crippen molar-refractivity contribution in [2.24, 2.45) is 0 Å². The van der Waals surface area contributed by atoms with Gasteiger partial charge in [-0.05, 0) is 38.5 Å². The summed E-state index contributed by atoms with van der Waals surface area (Å²) in [5, 5.41) is 12.8. The molecule has 1 aromatic heterocycles. The SMILES string of the molecule is O=C1NCCCC[C@H]1Sc1nnc(C2CC2)n1C1CC1. The standard InChI is InChI=1S/C14H20N4OS/c19-13-11(3-1-2-8-15-13)20-14-17-16-12(9-4-5-9)18(14)10-6-7-10/h9-11H,1-8H2,(H,15,19)/t11-/m1/s1. The normalized spacial score (nSPS) is 27.2. The molecule has 6 heteroatoms. The Hall–Kier alpha value is -1.04. The van der Waals surface area contributed by atoms with Crippen molar-refractivity contribution < 1.29 is 4.79 Å². The van der Waals surface area contributed by atoms with E-state index in [0.717, 1.165) is 31.0 Å². The molecular formula is C14H20N4OS. The van der Waals surface area contributed by atoms with Crippen molar-refractivity contribution in [1.82, 2.24) is 20.1 Å². The first-order chi connectivity index (χ1) is 9.83. The summed E-state index contributed by atoms with van der Waals surface area (Å²) < 4.78 is 2.33. The Morgan fingerprint density at radius 1 is 1.10 bits per heavy atom. The summed E-state index contributed by atoms with van der Waals surface area (Å²) in [6, 6.07) is 0.594. The van der Waals surface area contributed by atoms with Crippen molar-refractivity contribution in [3.8, 4) is 0 Å². The lowest BCUT2D eigenvalue weighted by Crippen LogP contribution is -2.30. The number of nitrogens with zero attached hydrogens (tertiary/aromatic N) is 3. The molecule has 1 amide bonds. The van der Waals surface area contributed by atoms with Gasteiger partial charge in [0.2, 0.25) is 5.91 Å². The predicted molar refractivity (Wildman–Crippen MR) is 76.8 cm³/mol. The number of aromatic nitrogens is 3. The minimum Gasteiger partial charge on any atom is -0.355 e. The quantitative estimate of drug-likeness (QED) is 0.924. The fourth-order valence-electron chi connectivity index (χ4n) is 2.82. The molecular weight excluding hydrogens is 272 g/mol. The maximum absolute atomic E-state index is 12.1. The number of hydrogen-bond donors (Lipinski definition) is 1. The van der Waals surface area contributed by atoms with E-state index in [4.69, 9.17) is 0 Å². The van der Waals surface area contributed by atoms with Gasteiger partial charge in [-0.25, -0.2) is 0 Å². The van der Waals surface area contributed by atoms with E-state index >= 15 is 0 Å². The molecule has 108 valence electrons. The minimum absolute atomic E-state index is 0.00579. The molecule has 1 saturated heterocycles. The number of thioether (sulfide) groups is 1. The van der Waals surface area contributed by atoms with E-state index in [0.29, 0.717) is 12.0 Å². The maximum Gasteiger partial charge on any atom is 0.233 e. The average Bonchev–Trinajstić information content (AvgIpc) is 3.33. The molecule has 3 fully saturated rings. The van der Waals surface area contributed by atoms with Crippen LogP contribution < -0.4 is 5.32 Å². The van der Waals surface area contributed by atoms with Crippen molar-refractivity contribution >= 4 is 17.7 Å². The summed E-state index contributed by atoms with van der Waals surface area (Å²) in [5.41, 5.74) is 0. The van der Waals surface area contributed by atoms with E-state index in [9.17, 15) is 4.79 Å². The van der Waals surface area contributed by atoms with E-state index in [1.165, 1.54) is 31.5 Å². The van der Waals surface area contributed by atoms with Gasteiger partial charge < -0.3 is 9.88 Å². The third-order valence-electron chi connectivity index (χ3n) is 4.28. The van der Waals surface area contributed by atoms with Gasteiger partial charge in [0.25, 0.3) is 0 Å². The van der Waals surface area contributed by atoms with Gasteiger partial charge in [-0.1, -0.05) is 18.2 Å². The van der Waals surface area contributed by atoms with E-state index in [1.54, 1.807) is 11.8 Å². The number of amides is 1. The summed E-state index contributed by atoms with van der Waals surface area (Å²) in [7, 11) is 0. The molecule has 1 atom stereocenters. The molecule has 4 rings (SSSR count). The Morgan fingerprint density at radius 2 is 1.95 bits per heavy atom. The third kappa shape index (κ3) is 2.45. The summed E-state index contributed by atoms with van der Waals surface area (Å²) in [5.74, 6) is 1.97. The Kier molecular flexibility index (Phi) is 3.21. The molecule has 0 radical (unpaired) electrons. The van der Waals surface area contributed by atoms with Crippen molar-refractivity contribution in [1.29, 1.82) is 0 Å². The molecule has 3 aliphatic rings. The zero-order valence-electron chi connectivity index (χ0n) is 11.5. The number of rotatable bonds is 4. The number of carbonyl (C=O) groups is 1. The highest BCUT2D eigenvalue weighted by Crippen LogP contribution is 2.46. The molecule has 2 heterocycles. The first-order valence-electron chi connectivity index (χ1n) is 7.72. The van der Waals surface area contributed by atoms with Crippen LogP contribution in [-0.2, 0) is 4.79 Å². The average molecular weight is 292 g/mol. The smallest absolute Gasteiger partial charge is 0.233 e. The third-order valence-corrected chi connectivity index (χ3v) is 5.50. The van der Waals surface area contributed by atoms with Crippen molar-refractivity contribution in [2.75, 3.05) is 6.54 Å². The molecule has 5 nitrogen and oxygen atoms in total. The first kappa shape index (κ1) is 12.7. The van der Waals surface area contributed by atoms with E-state index < -0.39 is 0 Å². The molecule has 0 aromatic carbocycles. The molecule has 0 spiro atoms. The van der Waals surface area contributed by atoms with Crippen LogP contribution in [0.4, 0.5) is 0 Å².